The summed E-state index contributed by atoms with van der Waals surface area (Å²) in [5.41, 5.74) is -0.326. The Morgan fingerprint density at radius 1 is 1.05 bits per heavy atom. The maximum atomic E-state index is 11.7. The van der Waals surface area contributed by atoms with E-state index >= 15 is 0 Å². The van der Waals surface area contributed by atoms with Gasteiger partial charge in [-0.2, -0.15) is 0 Å². The fourth-order valence-corrected chi connectivity index (χ4v) is 2.43. The summed E-state index contributed by atoms with van der Waals surface area (Å²) in [4.78, 5) is 11.7. The topological polar surface area (TPSA) is 57.5 Å². The summed E-state index contributed by atoms with van der Waals surface area (Å²) in [6.45, 7) is 2.03. The van der Waals surface area contributed by atoms with Crippen LogP contribution in [0.1, 0.15) is 30.0 Å². The third kappa shape index (κ3) is 2.45. The number of benzene rings is 2. The van der Waals surface area contributed by atoms with E-state index in [0.29, 0.717) is 11.1 Å². The number of carbonyl (C=O) groups is 1. The molecule has 0 aromatic heterocycles. The van der Waals surface area contributed by atoms with Crippen LogP contribution in [-0.4, -0.2) is 16.2 Å². The molecule has 2 aromatic carbocycles. The first-order valence-electron chi connectivity index (χ1n) is 6.70. The normalized spacial score (nSPS) is 13.7. The molecule has 0 aliphatic heterocycles. The molecule has 0 spiro atoms. The van der Waals surface area contributed by atoms with Gasteiger partial charge in [0.2, 0.25) is 5.60 Å². The lowest BCUT2D eigenvalue weighted by Crippen LogP contribution is -2.37. The molecule has 0 saturated carbocycles. The molecule has 1 atom stereocenters. The summed E-state index contributed by atoms with van der Waals surface area (Å²) in [5, 5.41) is 20.4. The van der Waals surface area contributed by atoms with Crippen LogP contribution in [0.3, 0.4) is 0 Å². The SMILES string of the molecule is CCCc1ccccc1C(O)(C(=O)O)c1ccccc1. The van der Waals surface area contributed by atoms with E-state index in [-0.39, 0.29) is 0 Å². The van der Waals surface area contributed by atoms with Crippen LogP contribution in [0.25, 0.3) is 0 Å². The highest BCUT2D eigenvalue weighted by atomic mass is 16.4. The predicted octanol–water partition coefficient (Wildman–Crippen LogP) is 2.96. The van der Waals surface area contributed by atoms with E-state index in [1.165, 1.54) is 0 Å². The molecule has 3 heteroatoms. The maximum Gasteiger partial charge on any atom is 0.345 e. The third-order valence-electron chi connectivity index (χ3n) is 3.43. The average molecular weight is 270 g/mol. The maximum absolute atomic E-state index is 11.7. The largest absolute Gasteiger partial charge is 0.479 e. The number of hydrogen-bond donors (Lipinski definition) is 2. The van der Waals surface area contributed by atoms with Gasteiger partial charge in [0.25, 0.3) is 0 Å². The van der Waals surface area contributed by atoms with Crippen molar-refractivity contribution < 1.29 is 15.0 Å². The van der Waals surface area contributed by atoms with E-state index in [1.807, 2.05) is 19.1 Å². The highest BCUT2D eigenvalue weighted by Gasteiger charge is 2.41. The van der Waals surface area contributed by atoms with Crippen molar-refractivity contribution in [3.8, 4) is 0 Å². The molecular weight excluding hydrogens is 252 g/mol. The van der Waals surface area contributed by atoms with E-state index < -0.39 is 11.6 Å². The van der Waals surface area contributed by atoms with Crippen molar-refractivity contribution in [1.29, 1.82) is 0 Å². The molecule has 2 aromatic rings. The van der Waals surface area contributed by atoms with Crippen molar-refractivity contribution in [2.24, 2.45) is 0 Å². The molecule has 2 rings (SSSR count). The minimum atomic E-state index is -2.01. The molecule has 0 aliphatic rings. The molecular formula is C17H18O3. The van der Waals surface area contributed by atoms with Gasteiger partial charge in [0.15, 0.2) is 0 Å². The van der Waals surface area contributed by atoms with Gasteiger partial charge in [-0.15, -0.1) is 0 Å². The van der Waals surface area contributed by atoms with Gasteiger partial charge in [-0.1, -0.05) is 67.9 Å². The van der Waals surface area contributed by atoms with Gasteiger partial charge >= 0.3 is 5.97 Å². The van der Waals surface area contributed by atoms with Gasteiger partial charge in [-0.3, -0.25) is 0 Å². The molecule has 0 fully saturated rings. The molecule has 1 unspecified atom stereocenters. The van der Waals surface area contributed by atoms with Crippen molar-refractivity contribution in [2.45, 2.75) is 25.4 Å². The van der Waals surface area contributed by atoms with Crippen molar-refractivity contribution in [1.82, 2.24) is 0 Å². The summed E-state index contributed by atoms with van der Waals surface area (Å²) in [5.74, 6) is -1.26. The zero-order valence-corrected chi connectivity index (χ0v) is 11.4. The fourth-order valence-electron chi connectivity index (χ4n) is 2.43. The molecule has 104 valence electrons. The second kappa shape index (κ2) is 5.88. The number of carboxylic acids is 1. The Bertz CT molecular complexity index is 592. The third-order valence-corrected chi connectivity index (χ3v) is 3.43. The van der Waals surface area contributed by atoms with Gasteiger partial charge in [0.1, 0.15) is 0 Å². The standard InChI is InChI=1S/C17H18O3/c1-2-8-13-9-6-7-12-15(13)17(20,16(18)19)14-10-4-3-5-11-14/h3-7,9-12,20H,2,8H2,1H3,(H,18,19). The Morgan fingerprint density at radius 2 is 1.65 bits per heavy atom. The summed E-state index contributed by atoms with van der Waals surface area (Å²) in [6.07, 6.45) is 1.63. The molecule has 0 heterocycles. The van der Waals surface area contributed by atoms with Gasteiger partial charge in [-0.05, 0) is 17.5 Å². The molecule has 0 radical (unpaired) electrons. The van der Waals surface area contributed by atoms with Crippen LogP contribution in [0, 0.1) is 0 Å². The summed E-state index contributed by atoms with van der Waals surface area (Å²) >= 11 is 0. The van der Waals surface area contributed by atoms with Gasteiger partial charge in [-0.25, -0.2) is 4.79 Å². The van der Waals surface area contributed by atoms with Crippen LogP contribution in [0.2, 0.25) is 0 Å². The predicted molar refractivity (Wildman–Crippen MR) is 77.5 cm³/mol. The second-order valence-corrected chi connectivity index (χ2v) is 4.79. The van der Waals surface area contributed by atoms with Gasteiger partial charge in [0.05, 0.1) is 0 Å². The van der Waals surface area contributed by atoms with Crippen LogP contribution >= 0.6 is 0 Å². The Labute approximate surface area is 118 Å². The van der Waals surface area contributed by atoms with Crippen molar-refractivity contribution >= 4 is 5.97 Å². The highest BCUT2D eigenvalue weighted by Crippen LogP contribution is 2.32. The first-order valence-corrected chi connectivity index (χ1v) is 6.70. The highest BCUT2D eigenvalue weighted by molar-refractivity contribution is 5.84. The number of rotatable bonds is 5. The minimum absolute atomic E-state index is 0.371. The monoisotopic (exact) mass is 270 g/mol. The number of hydrogen-bond acceptors (Lipinski definition) is 2. The second-order valence-electron chi connectivity index (χ2n) is 4.79. The zero-order chi connectivity index (χ0) is 14.6. The molecule has 0 amide bonds. The molecule has 20 heavy (non-hydrogen) atoms. The number of aryl methyl sites for hydroxylation is 1. The summed E-state index contributed by atoms with van der Waals surface area (Å²) in [7, 11) is 0. The van der Waals surface area contributed by atoms with Crippen molar-refractivity contribution in [3.05, 3.63) is 71.3 Å². The van der Waals surface area contributed by atoms with Crippen LogP contribution in [0.15, 0.2) is 54.6 Å². The lowest BCUT2D eigenvalue weighted by molar-refractivity contribution is -0.155. The molecule has 0 bridgehead atoms. The smallest absolute Gasteiger partial charge is 0.345 e. The minimum Gasteiger partial charge on any atom is -0.479 e. The van der Waals surface area contributed by atoms with E-state index in [9.17, 15) is 15.0 Å². The number of carboxylic acid groups (broad SMARTS) is 1. The van der Waals surface area contributed by atoms with E-state index in [4.69, 9.17) is 0 Å². The Balaban J connectivity index is 2.63. The first kappa shape index (κ1) is 14.3. The summed E-state index contributed by atoms with van der Waals surface area (Å²) < 4.78 is 0. The average Bonchev–Trinajstić information content (AvgIpc) is 2.48. The number of aliphatic hydroxyl groups is 1. The fraction of sp³-hybridized carbons (Fsp3) is 0.235. The first-order chi connectivity index (χ1) is 9.60. The van der Waals surface area contributed by atoms with Crippen molar-refractivity contribution in [2.75, 3.05) is 0 Å². The van der Waals surface area contributed by atoms with Crippen LogP contribution in [-0.2, 0) is 16.8 Å². The molecule has 0 saturated heterocycles. The quantitative estimate of drug-likeness (QED) is 0.878. The Kier molecular flexibility index (Phi) is 4.20. The Morgan fingerprint density at radius 3 is 2.25 bits per heavy atom. The van der Waals surface area contributed by atoms with Gasteiger partial charge in [0, 0.05) is 5.56 Å². The summed E-state index contributed by atoms with van der Waals surface area (Å²) in [6, 6.07) is 15.7. The molecule has 3 nitrogen and oxygen atoms in total. The van der Waals surface area contributed by atoms with E-state index in [2.05, 4.69) is 0 Å². The van der Waals surface area contributed by atoms with E-state index in [0.717, 1.165) is 18.4 Å². The van der Waals surface area contributed by atoms with Gasteiger partial charge < -0.3 is 10.2 Å². The lowest BCUT2D eigenvalue weighted by Gasteiger charge is -2.26. The van der Waals surface area contributed by atoms with E-state index in [1.54, 1.807) is 42.5 Å². The van der Waals surface area contributed by atoms with Crippen molar-refractivity contribution in [3.63, 3.8) is 0 Å². The molecule has 0 aliphatic carbocycles. The number of aliphatic carboxylic acids is 1. The lowest BCUT2D eigenvalue weighted by atomic mass is 9.82. The van der Waals surface area contributed by atoms with Crippen LogP contribution < -0.4 is 0 Å². The zero-order valence-electron chi connectivity index (χ0n) is 11.4. The Hall–Kier alpha value is -2.13. The van der Waals surface area contributed by atoms with Crippen LogP contribution in [0.4, 0.5) is 0 Å². The molecule has 2 N–H and O–H groups in total. The van der Waals surface area contributed by atoms with Crippen LogP contribution in [0.5, 0.6) is 0 Å².